The number of hydrogen-bond donors (Lipinski definition) is 2. The van der Waals surface area contributed by atoms with Gasteiger partial charge in [0.1, 0.15) is 5.01 Å². The third kappa shape index (κ3) is 4.19. The number of nitrogens with two attached hydrogens (primary N) is 1. The maximum Gasteiger partial charge on any atom is 0.246 e. The molecule has 0 unspecified atom stereocenters. The monoisotopic (exact) mass is 380 g/mol. The number of halogens is 1. The maximum absolute atomic E-state index is 12.5. The first-order valence-corrected chi connectivity index (χ1v) is 9.23. The maximum atomic E-state index is 12.5. The SMILES string of the molecule is CC(C)(c1ccccc1)c1nnc(NC(=O)C2(N)CCCCC2)s1.Cl. The molecule has 0 radical (unpaired) electrons. The van der Waals surface area contributed by atoms with Crippen molar-refractivity contribution in [1.82, 2.24) is 10.2 Å². The molecule has 1 amide bonds. The second-order valence-corrected chi connectivity index (χ2v) is 8.05. The molecule has 2 aromatic rings. The summed E-state index contributed by atoms with van der Waals surface area (Å²) in [7, 11) is 0. The van der Waals surface area contributed by atoms with Crippen LogP contribution in [0.1, 0.15) is 56.5 Å². The van der Waals surface area contributed by atoms with Crippen LogP contribution in [0, 0.1) is 0 Å². The zero-order chi connectivity index (χ0) is 17.2. The molecule has 5 nitrogen and oxygen atoms in total. The van der Waals surface area contributed by atoms with Gasteiger partial charge in [-0.2, -0.15) is 0 Å². The van der Waals surface area contributed by atoms with Crippen LogP contribution >= 0.6 is 23.7 Å². The first kappa shape index (κ1) is 19.8. The lowest BCUT2D eigenvalue weighted by Gasteiger charge is -2.31. The Kier molecular flexibility index (Phi) is 6.19. The molecule has 1 aromatic carbocycles. The summed E-state index contributed by atoms with van der Waals surface area (Å²) in [6, 6.07) is 10.2. The Labute approximate surface area is 158 Å². The Morgan fingerprint density at radius 2 is 1.80 bits per heavy atom. The number of benzene rings is 1. The Balaban J connectivity index is 0.00000225. The van der Waals surface area contributed by atoms with Crippen LogP contribution in [0.2, 0.25) is 0 Å². The summed E-state index contributed by atoms with van der Waals surface area (Å²) in [5.74, 6) is -0.137. The summed E-state index contributed by atoms with van der Waals surface area (Å²) in [5.41, 5.74) is 6.42. The molecule has 0 bridgehead atoms. The highest BCUT2D eigenvalue weighted by atomic mass is 35.5. The van der Waals surface area contributed by atoms with Crippen LogP contribution in [0.4, 0.5) is 5.13 Å². The second kappa shape index (κ2) is 7.81. The molecular formula is C18H25ClN4OS. The van der Waals surface area contributed by atoms with E-state index in [1.807, 2.05) is 18.2 Å². The van der Waals surface area contributed by atoms with Gasteiger partial charge >= 0.3 is 0 Å². The molecule has 0 atom stereocenters. The molecule has 25 heavy (non-hydrogen) atoms. The summed E-state index contributed by atoms with van der Waals surface area (Å²) in [4.78, 5) is 12.5. The number of anilines is 1. The van der Waals surface area contributed by atoms with Gasteiger partial charge in [-0.3, -0.25) is 10.1 Å². The van der Waals surface area contributed by atoms with Crippen LogP contribution in [0.25, 0.3) is 0 Å². The first-order chi connectivity index (χ1) is 11.4. The lowest BCUT2D eigenvalue weighted by Crippen LogP contribution is -2.52. The average Bonchev–Trinajstić information content (AvgIpc) is 3.06. The Bertz CT molecular complexity index is 711. The Hall–Kier alpha value is -1.50. The molecule has 0 spiro atoms. The predicted octanol–water partition coefficient (Wildman–Crippen LogP) is 3.89. The molecule has 1 heterocycles. The summed E-state index contributed by atoms with van der Waals surface area (Å²) in [6.45, 7) is 4.22. The van der Waals surface area contributed by atoms with Gasteiger partial charge in [-0.15, -0.1) is 22.6 Å². The van der Waals surface area contributed by atoms with E-state index >= 15 is 0 Å². The van der Waals surface area contributed by atoms with E-state index in [-0.39, 0.29) is 23.7 Å². The van der Waals surface area contributed by atoms with E-state index in [9.17, 15) is 4.79 Å². The number of nitrogens with one attached hydrogen (secondary N) is 1. The van der Waals surface area contributed by atoms with Gasteiger partial charge in [0.15, 0.2) is 0 Å². The molecule has 0 saturated heterocycles. The molecule has 1 saturated carbocycles. The van der Waals surface area contributed by atoms with Gasteiger partial charge in [0.2, 0.25) is 11.0 Å². The standard InChI is InChI=1S/C18H24N4OS.ClH/c1-17(2,13-9-5-3-6-10-13)15-21-22-16(24-15)20-14(23)18(19)11-7-4-8-12-18;/h3,5-6,9-10H,4,7-8,11-12,19H2,1-2H3,(H,20,22,23);1H. The smallest absolute Gasteiger partial charge is 0.246 e. The number of amides is 1. The van der Waals surface area contributed by atoms with Crippen LogP contribution in [0.3, 0.4) is 0 Å². The van der Waals surface area contributed by atoms with Crippen molar-refractivity contribution >= 4 is 34.8 Å². The van der Waals surface area contributed by atoms with Crippen molar-refractivity contribution in [2.75, 3.05) is 5.32 Å². The minimum atomic E-state index is -0.765. The van der Waals surface area contributed by atoms with Crippen molar-refractivity contribution in [3.05, 3.63) is 40.9 Å². The predicted molar refractivity (Wildman–Crippen MR) is 104 cm³/mol. The van der Waals surface area contributed by atoms with Crippen molar-refractivity contribution in [1.29, 1.82) is 0 Å². The molecule has 3 N–H and O–H groups in total. The largest absolute Gasteiger partial charge is 0.317 e. The summed E-state index contributed by atoms with van der Waals surface area (Å²) in [6.07, 6.45) is 4.64. The minimum absolute atomic E-state index is 0. The molecule has 1 aromatic heterocycles. The van der Waals surface area contributed by atoms with Gasteiger partial charge in [-0.25, -0.2) is 0 Å². The Morgan fingerprint density at radius 1 is 1.16 bits per heavy atom. The zero-order valence-corrected chi connectivity index (χ0v) is 16.3. The summed E-state index contributed by atoms with van der Waals surface area (Å²) < 4.78 is 0. The van der Waals surface area contributed by atoms with Crippen molar-refractivity contribution in [2.45, 2.75) is 56.9 Å². The fraction of sp³-hybridized carbons (Fsp3) is 0.500. The number of carbonyl (C=O) groups is 1. The average molecular weight is 381 g/mol. The van der Waals surface area contributed by atoms with Gasteiger partial charge in [0.25, 0.3) is 0 Å². The molecule has 1 aliphatic carbocycles. The molecule has 1 aliphatic rings. The van der Waals surface area contributed by atoms with Crippen LogP contribution < -0.4 is 11.1 Å². The fourth-order valence-electron chi connectivity index (χ4n) is 3.14. The number of rotatable bonds is 4. The molecule has 1 fully saturated rings. The number of aromatic nitrogens is 2. The fourth-order valence-corrected chi connectivity index (χ4v) is 4.00. The van der Waals surface area contributed by atoms with E-state index in [0.717, 1.165) is 37.1 Å². The van der Waals surface area contributed by atoms with Gasteiger partial charge < -0.3 is 5.73 Å². The van der Waals surface area contributed by atoms with Crippen molar-refractivity contribution in [3.8, 4) is 0 Å². The van der Waals surface area contributed by atoms with Crippen LogP contribution in [0.15, 0.2) is 30.3 Å². The van der Waals surface area contributed by atoms with Gasteiger partial charge in [-0.05, 0) is 32.3 Å². The normalized spacial score (nSPS) is 16.8. The molecular weight excluding hydrogens is 356 g/mol. The molecule has 3 rings (SSSR count). The van der Waals surface area contributed by atoms with Crippen LogP contribution in [0.5, 0.6) is 0 Å². The van der Waals surface area contributed by atoms with Gasteiger partial charge in [0.05, 0.1) is 5.54 Å². The number of hydrogen-bond acceptors (Lipinski definition) is 5. The molecule has 0 aliphatic heterocycles. The number of nitrogens with zero attached hydrogens (tertiary/aromatic N) is 2. The minimum Gasteiger partial charge on any atom is -0.317 e. The topological polar surface area (TPSA) is 80.9 Å². The highest BCUT2D eigenvalue weighted by molar-refractivity contribution is 7.15. The van der Waals surface area contributed by atoms with Crippen LogP contribution in [-0.4, -0.2) is 21.6 Å². The van der Waals surface area contributed by atoms with E-state index in [2.05, 4.69) is 41.5 Å². The van der Waals surface area contributed by atoms with E-state index < -0.39 is 5.54 Å². The van der Waals surface area contributed by atoms with Crippen molar-refractivity contribution < 1.29 is 4.79 Å². The van der Waals surface area contributed by atoms with E-state index in [0.29, 0.717) is 5.13 Å². The Morgan fingerprint density at radius 3 is 2.44 bits per heavy atom. The zero-order valence-electron chi connectivity index (χ0n) is 14.6. The lowest BCUT2D eigenvalue weighted by molar-refractivity contribution is -0.122. The summed E-state index contributed by atoms with van der Waals surface area (Å²) >= 11 is 1.42. The van der Waals surface area contributed by atoms with Crippen molar-refractivity contribution in [3.63, 3.8) is 0 Å². The number of carbonyl (C=O) groups excluding carboxylic acids is 1. The highest BCUT2D eigenvalue weighted by Crippen LogP contribution is 2.35. The second-order valence-electron chi connectivity index (χ2n) is 7.07. The molecule has 7 heteroatoms. The van der Waals surface area contributed by atoms with E-state index in [1.54, 1.807) is 0 Å². The first-order valence-electron chi connectivity index (χ1n) is 8.42. The third-order valence-corrected chi connectivity index (χ3v) is 6.04. The van der Waals surface area contributed by atoms with Crippen molar-refractivity contribution in [2.24, 2.45) is 5.73 Å². The quantitative estimate of drug-likeness (QED) is 0.843. The van der Waals surface area contributed by atoms with Gasteiger partial charge in [-0.1, -0.05) is 60.9 Å². The highest BCUT2D eigenvalue weighted by Gasteiger charge is 2.36. The van der Waals surface area contributed by atoms with Gasteiger partial charge in [0, 0.05) is 5.41 Å². The van der Waals surface area contributed by atoms with E-state index in [4.69, 9.17) is 5.73 Å². The molecule has 136 valence electrons. The lowest BCUT2D eigenvalue weighted by atomic mass is 9.82. The third-order valence-electron chi connectivity index (χ3n) is 4.87. The van der Waals surface area contributed by atoms with E-state index in [1.165, 1.54) is 16.9 Å². The summed E-state index contributed by atoms with van der Waals surface area (Å²) in [5, 5.41) is 12.7. The van der Waals surface area contributed by atoms with Crippen LogP contribution in [-0.2, 0) is 10.2 Å².